The molecule has 9 aromatic rings. The number of rotatable bonds is 22. The summed E-state index contributed by atoms with van der Waals surface area (Å²) in [6.07, 6.45) is 23.0. The molecular weight excluding hydrogens is 1050 g/mol. The number of pyridine rings is 1. The van der Waals surface area contributed by atoms with Gasteiger partial charge in [-0.05, 0) is 154 Å². The summed E-state index contributed by atoms with van der Waals surface area (Å²) in [5.74, 6) is 0. The van der Waals surface area contributed by atoms with E-state index in [9.17, 15) is 16.2 Å². The van der Waals surface area contributed by atoms with Crippen molar-refractivity contribution in [3.8, 4) is 11.1 Å². The van der Waals surface area contributed by atoms with E-state index in [1.807, 2.05) is 42.5 Å². The SMILES string of the molecule is CCCCCCC1(CCCCCC)c2cc(C3=CC=C(c4ccc(N(c5ccccc5)c5ccccc5)cc4)C(=N)C3=N)ccc2-c2ccc(C3=CC=C(c4ccc(N(c5ccccc5)c5ccccc5)cc4)C(=N)/C3=N\Nc3ccncc3)cc21. The van der Waals surface area contributed by atoms with Gasteiger partial charge in [-0.1, -0.05) is 211 Å². The fourth-order valence-electron chi connectivity index (χ4n) is 12.8. The molecule has 0 spiro atoms. The molecule has 0 amide bonds. The van der Waals surface area contributed by atoms with Gasteiger partial charge in [0.25, 0.3) is 0 Å². The van der Waals surface area contributed by atoms with Gasteiger partial charge in [0.2, 0.25) is 0 Å². The Morgan fingerprint density at radius 1 is 0.384 bits per heavy atom. The Morgan fingerprint density at radius 2 is 0.744 bits per heavy atom. The number of fused-ring (bicyclic) bond motifs is 3. The van der Waals surface area contributed by atoms with Crippen LogP contribution in [0.2, 0.25) is 0 Å². The van der Waals surface area contributed by atoms with Crippen LogP contribution >= 0.6 is 0 Å². The van der Waals surface area contributed by atoms with Crippen LogP contribution in [0.25, 0.3) is 33.4 Å². The Hall–Kier alpha value is -10.1. The fourth-order valence-corrected chi connectivity index (χ4v) is 12.8. The van der Waals surface area contributed by atoms with Crippen LogP contribution in [-0.4, -0.2) is 27.8 Å². The summed E-state index contributed by atoms with van der Waals surface area (Å²) >= 11 is 0. The van der Waals surface area contributed by atoms with Gasteiger partial charge in [-0.15, -0.1) is 0 Å². The van der Waals surface area contributed by atoms with Crippen molar-refractivity contribution >= 4 is 85.0 Å². The minimum Gasteiger partial charge on any atom is -0.311 e. The van der Waals surface area contributed by atoms with E-state index in [-0.39, 0.29) is 16.8 Å². The molecule has 0 bridgehead atoms. The van der Waals surface area contributed by atoms with Crippen molar-refractivity contribution in [3.05, 3.63) is 288 Å². The number of hydrogen-bond acceptors (Lipinski definition) is 8. The summed E-state index contributed by atoms with van der Waals surface area (Å²) in [6.45, 7) is 4.56. The normalized spacial score (nSPS) is 14.6. The number of benzene rings is 8. The molecule has 0 saturated carbocycles. The number of allylic oxidation sites excluding steroid dienone is 8. The van der Waals surface area contributed by atoms with Gasteiger partial charge in [0.15, 0.2) is 0 Å². The molecule has 0 atom stereocenters. The fraction of sp³-hybridized carbons (Fsp3) is 0.167. The van der Waals surface area contributed by atoms with E-state index in [2.05, 4.69) is 234 Å². The number of hydrazone groups is 1. The predicted molar refractivity (Wildman–Crippen MR) is 363 cm³/mol. The molecule has 0 unspecified atom stereocenters. The highest BCUT2D eigenvalue weighted by atomic mass is 15.3. The van der Waals surface area contributed by atoms with Gasteiger partial charge >= 0.3 is 0 Å². The lowest BCUT2D eigenvalue weighted by molar-refractivity contribution is 0.401. The van der Waals surface area contributed by atoms with Crippen LogP contribution in [0.15, 0.2) is 260 Å². The molecule has 0 aliphatic heterocycles. The Kier molecular flexibility index (Phi) is 17.0. The van der Waals surface area contributed by atoms with Gasteiger partial charge in [0.05, 0.1) is 22.8 Å². The third kappa shape index (κ3) is 11.5. The minimum absolute atomic E-state index is 0.214. The number of hydrogen-bond donors (Lipinski definition) is 4. The molecule has 8 aromatic carbocycles. The van der Waals surface area contributed by atoms with Crippen LogP contribution in [-0.2, 0) is 5.41 Å². The lowest BCUT2D eigenvalue weighted by Crippen LogP contribution is -2.26. The van der Waals surface area contributed by atoms with Crippen molar-refractivity contribution in [2.45, 2.75) is 83.5 Å². The lowest BCUT2D eigenvalue weighted by Gasteiger charge is -2.34. The number of anilines is 7. The third-order valence-corrected chi connectivity index (χ3v) is 17.2. The lowest BCUT2D eigenvalue weighted by atomic mass is 9.69. The van der Waals surface area contributed by atoms with Crippen molar-refractivity contribution in [1.29, 1.82) is 16.2 Å². The molecule has 8 nitrogen and oxygen atoms in total. The molecule has 0 saturated heterocycles. The molecule has 12 rings (SSSR count). The molecule has 424 valence electrons. The average Bonchev–Trinajstić information content (AvgIpc) is 1.66. The highest BCUT2D eigenvalue weighted by molar-refractivity contribution is 6.69. The van der Waals surface area contributed by atoms with Crippen molar-refractivity contribution in [1.82, 2.24) is 4.98 Å². The Bertz CT molecular complexity index is 3980. The minimum atomic E-state index is -0.301. The monoisotopic (exact) mass is 1120 g/mol. The standard InChI is InChI=1S/C78H72N8/c1-3-5-7-21-49-78(50-22-8-6-4-2)72-53-57(68-44-43-66(74(79)75(68)80)55-31-37-64(38-32-55)85(60-23-13-9-14-24-60)61-25-15-10-16-26-61)35-41-70(72)71-42-36-58(54-73(71)78)69-46-45-67(76(81)77(69)84-83-59-47-51-82-52-48-59)56-33-39-65(40-34-56)86(62-27-17-11-18-28-62)63-29-19-12-20-30-63/h9-20,23-48,51-54,79-81H,3-8,21-22,49-50H2,1-2H3,(H,82,83)/b79-74?,80-75?,81-76?,84-77-. The molecular formula is C78H72N8. The van der Waals surface area contributed by atoms with Crippen LogP contribution in [0, 0.1) is 16.2 Å². The Balaban J connectivity index is 0.912. The molecule has 0 radical (unpaired) electrons. The van der Waals surface area contributed by atoms with Crippen LogP contribution in [0.5, 0.6) is 0 Å². The second-order valence-electron chi connectivity index (χ2n) is 22.6. The zero-order valence-electron chi connectivity index (χ0n) is 49.1. The van der Waals surface area contributed by atoms with Crippen LogP contribution in [0.4, 0.5) is 39.8 Å². The van der Waals surface area contributed by atoms with Crippen molar-refractivity contribution < 1.29 is 0 Å². The first-order valence-corrected chi connectivity index (χ1v) is 30.5. The smallest absolute Gasteiger partial charge is 0.117 e. The topological polar surface area (TPSA) is 115 Å². The summed E-state index contributed by atoms with van der Waals surface area (Å²) in [7, 11) is 0. The van der Waals surface area contributed by atoms with E-state index in [1.54, 1.807) is 12.4 Å². The van der Waals surface area contributed by atoms with Crippen LogP contribution in [0.3, 0.4) is 0 Å². The maximum Gasteiger partial charge on any atom is 0.117 e. The first-order chi connectivity index (χ1) is 42.3. The second-order valence-corrected chi connectivity index (χ2v) is 22.6. The van der Waals surface area contributed by atoms with Crippen molar-refractivity contribution in [3.63, 3.8) is 0 Å². The molecule has 0 fully saturated rings. The van der Waals surface area contributed by atoms with E-state index >= 15 is 0 Å². The number of unbranched alkanes of at least 4 members (excludes halogenated alkanes) is 6. The van der Waals surface area contributed by atoms with E-state index in [1.165, 1.54) is 35.1 Å². The maximum absolute atomic E-state index is 10.0. The predicted octanol–water partition coefficient (Wildman–Crippen LogP) is 20.7. The highest BCUT2D eigenvalue weighted by Gasteiger charge is 2.43. The largest absolute Gasteiger partial charge is 0.311 e. The molecule has 1 heterocycles. The zero-order valence-corrected chi connectivity index (χ0v) is 49.1. The third-order valence-electron chi connectivity index (χ3n) is 17.2. The van der Waals surface area contributed by atoms with Crippen molar-refractivity contribution in [2.24, 2.45) is 5.10 Å². The summed E-state index contributed by atoms with van der Waals surface area (Å²) < 4.78 is 0. The Labute approximate surface area is 506 Å². The Morgan fingerprint density at radius 3 is 1.16 bits per heavy atom. The van der Waals surface area contributed by atoms with E-state index in [0.29, 0.717) is 11.4 Å². The van der Waals surface area contributed by atoms with Gasteiger partial charge < -0.3 is 9.80 Å². The van der Waals surface area contributed by atoms with Gasteiger partial charge in [-0.2, -0.15) is 5.10 Å². The summed E-state index contributed by atoms with van der Waals surface area (Å²) in [4.78, 5) is 8.73. The number of nitrogens with zero attached hydrogens (tertiary/aromatic N) is 4. The van der Waals surface area contributed by atoms with Crippen molar-refractivity contribution in [2.75, 3.05) is 15.2 Å². The molecule has 3 aliphatic carbocycles. The molecule has 1 aromatic heterocycles. The molecule has 4 N–H and O–H groups in total. The number of aromatic nitrogens is 1. The van der Waals surface area contributed by atoms with E-state index in [4.69, 9.17) is 5.10 Å². The van der Waals surface area contributed by atoms with Gasteiger partial charge in [0.1, 0.15) is 5.71 Å². The zero-order chi connectivity index (χ0) is 58.8. The summed E-state index contributed by atoms with van der Waals surface area (Å²) in [6, 6.07) is 76.0. The summed E-state index contributed by atoms with van der Waals surface area (Å²) in [5.41, 5.74) is 23.5. The van der Waals surface area contributed by atoms with Gasteiger partial charge in [-0.3, -0.25) is 26.6 Å². The highest BCUT2D eigenvalue weighted by Crippen LogP contribution is 2.56. The van der Waals surface area contributed by atoms with Crippen LogP contribution < -0.4 is 15.2 Å². The maximum atomic E-state index is 10.0. The number of para-hydroxylation sites is 4. The van der Waals surface area contributed by atoms with Crippen LogP contribution in [0.1, 0.15) is 111 Å². The average molecular weight is 1120 g/mol. The summed E-state index contributed by atoms with van der Waals surface area (Å²) in [5, 5.41) is 34.4. The molecule has 3 aliphatic rings. The first kappa shape index (κ1) is 56.4. The molecule has 8 heteroatoms. The first-order valence-electron chi connectivity index (χ1n) is 30.5. The number of nitrogens with one attached hydrogen (secondary N) is 4. The molecule has 86 heavy (non-hydrogen) atoms. The second kappa shape index (κ2) is 25.8. The van der Waals surface area contributed by atoms with Gasteiger partial charge in [0, 0.05) is 74.2 Å². The van der Waals surface area contributed by atoms with Gasteiger partial charge in [-0.25, -0.2) is 0 Å². The van der Waals surface area contributed by atoms with E-state index in [0.717, 1.165) is 136 Å². The quantitative estimate of drug-likeness (QED) is 0.0307. The van der Waals surface area contributed by atoms with E-state index < -0.39 is 0 Å².